The summed E-state index contributed by atoms with van der Waals surface area (Å²) in [6, 6.07) is 7.53. The van der Waals surface area contributed by atoms with E-state index in [9.17, 15) is 29.0 Å². The molecule has 1 atom stereocenters. The summed E-state index contributed by atoms with van der Waals surface area (Å²) in [5.74, 6) is -2.66. The second-order valence-corrected chi connectivity index (χ2v) is 11.9. The number of nitrogens with one attached hydrogen (secondary N) is 2. The molecule has 1 unspecified atom stereocenters. The molecule has 50 heavy (non-hydrogen) atoms. The third kappa shape index (κ3) is 17.4. The van der Waals surface area contributed by atoms with Crippen molar-refractivity contribution in [2.24, 2.45) is 0 Å². The minimum absolute atomic E-state index is 0.0700. The Hall–Kier alpha value is -4.98. The van der Waals surface area contributed by atoms with Crippen LogP contribution in [0, 0.1) is 12.7 Å². The third-order valence-electron chi connectivity index (χ3n) is 7.72. The monoisotopic (exact) mass is 684 g/mol. The third-order valence-corrected chi connectivity index (χ3v) is 7.72. The molecule has 0 aliphatic rings. The Morgan fingerprint density at radius 1 is 0.780 bits per heavy atom. The fourth-order valence-corrected chi connectivity index (χ4v) is 4.97. The van der Waals surface area contributed by atoms with E-state index < -0.39 is 17.9 Å². The maximum Gasteiger partial charge on any atom is 0.326 e. The van der Waals surface area contributed by atoms with Gasteiger partial charge in [-0.05, 0) is 112 Å². The van der Waals surface area contributed by atoms with Crippen molar-refractivity contribution in [1.82, 2.24) is 10.6 Å². The second kappa shape index (κ2) is 25.1. The van der Waals surface area contributed by atoms with Gasteiger partial charge in [-0.2, -0.15) is 0 Å². The molecule has 2 aromatic rings. The lowest BCUT2D eigenvalue weighted by atomic mass is 9.98. The Kier molecular flexibility index (Phi) is 20.6. The van der Waals surface area contributed by atoms with Gasteiger partial charge in [0.2, 0.25) is 5.91 Å². The van der Waals surface area contributed by atoms with Gasteiger partial charge in [0, 0.05) is 13.0 Å². The molecule has 0 bridgehead atoms. The van der Waals surface area contributed by atoms with Gasteiger partial charge in [0.25, 0.3) is 5.91 Å². The molecule has 0 spiro atoms. The highest BCUT2D eigenvalue weighted by molar-refractivity contribution is 6.00. The van der Waals surface area contributed by atoms with Crippen LogP contribution >= 0.6 is 0 Å². The molecule has 268 valence electrons. The smallest absolute Gasteiger partial charge is 0.326 e. The molecule has 4 N–H and O–H groups in total. The Bertz CT molecular complexity index is 1540. The van der Waals surface area contributed by atoms with Crippen molar-refractivity contribution < 1.29 is 29.0 Å². The number of carboxylic acid groups (broad SMARTS) is 1. The highest BCUT2D eigenvalue weighted by Crippen LogP contribution is 2.29. The van der Waals surface area contributed by atoms with Crippen LogP contribution in [0.4, 0.5) is 4.39 Å². The standard InChI is InChI=1S/C42H53FN2O5/c1-3-4-5-6-7-8-9-10-11-12-13-14-15-16-17-18-19-20-21-25-40(47)44-30-23-22-24-38(42(49)50)45-41(48)37-32-34(26-29-39(37)46)36-28-27-35(43)31-33(36)2/h4-5,7-8,10-11,13-14,16-17,19-20,26-29,31-32,38,46H,3,6,9,12,15,18,21-25,30H2,1-2H3,(H,44,47)(H,45,48)(H,49,50). The summed E-state index contributed by atoms with van der Waals surface area (Å²) in [6.45, 7) is 4.28. The summed E-state index contributed by atoms with van der Waals surface area (Å²) in [5.41, 5.74) is 1.87. The van der Waals surface area contributed by atoms with Crippen molar-refractivity contribution >= 4 is 17.8 Å². The first-order valence-corrected chi connectivity index (χ1v) is 17.5. The quantitative estimate of drug-likeness (QED) is 0.0688. The van der Waals surface area contributed by atoms with E-state index >= 15 is 0 Å². The fraction of sp³-hybridized carbons (Fsp3) is 0.357. The van der Waals surface area contributed by atoms with Gasteiger partial charge in [-0.1, -0.05) is 92.0 Å². The number of hydrogen-bond donors (Lipinski definition) is 4. The molecule has 2 rings (SSSR count). The van der Waals surface area contributed by atoms with Crippen molar-refractivity contribution in [2.45, 2.75) is 90.5 Å². The van der Waals surface area contributed by atoms with Crippen molar-refractivity contribution in [3.63, 3.8) is 0 Å². The molecule has 7 nitrogen and oxygen atoms in total. The van der Waals surface area contributed by atoms with E-state index in [2.05, 4.69) is 78.3 Å². The summed E-state index contributed by atoms with van der Waals surface area (Å²) < 4.78 is 13.5. The number of carboxylic acids is 1. The number of amides is 2. The van der Waals surface area contributed by atoms with Gasteiger partial charge in [-0.15, -0.1) is 0 Å². The SMILES string of the molecule is CCC=CCC=CCC=CCC=CCC=CCC=CCCC(=O)NCCCCC(NC(=O)c1cc(-c2ccc(F)cc2C)ccc1O)C(=O)O. The largest absolute Gasteiger partial charge is 0.507 e. The number of carbonyl (C=O) groups is 3. The first-order chi connectivity index (χ1) is 24.2. The predicted octanol–water partition coefficient (Wildman–Crippen LogP) is 9.45. The Labute approximate surface area is 297 Å². The molecule has 0 aliphatic carbocycles. The molecule has 0 fully saturated rings. The van der Waals surface area contributed by atoms with E-state index in [4.69, 9.17) is 0 Å². The minimum Gasteiger partial charge on any atom is -0.507 e. The Morgan fingerprint density at radius 2 is 1.36 bits per heavy atom. The number of hydrogen-bond acceptors (Lipinski definition) is 4. The van der Waals surface area contributed by atoms with Crippen LogP contribution in [-0.2, 0) is 9.59 Å². The van der Waals surface area contributed by atoms with Gasteiger partial charge in [0.1, 0.15) is 17.6 Å². The van der Waals surface area contributed by atoms with E-state index in [1.54, 1.807) is 19.1 Å². The summed E-state index contributed by atoms with van der Waals surface area (Å²) in [6.07, 6.45) is 33.6. The van der Waals surface area contributed by atoms with E-state index in [0.29, 0.717) is 48.9 Å². The van der Waals surface area contributed by atoms with Crippen molar-refractivity contribution in [3.8, 4) is 16.9 Å². The van der Waals surface area contributed by atoms with Crippen molar-refractivity contribution in [2.75, 3.05) is 6.54 Å². The first kappa shape index (κ1) is 41.2. The number of carbonyl (C=O) groups excluding carboxylic acids is 2. The average molecular weight is 685 g/mol. The van der Waals surface area contributed by atoms with Crippen LogP contribution in [0.2, 0.25) is 0 Å². The van der Waals surface area contributed by atoms with Gasteiger partial charge in [-0.25, -0.2) is 9.18 Å². The summed E-state index contributed by atoms with van der Waals surface area (Å²) in [7, 11) is 0. The van der Waals surface area contributed by atoms with E-state index in [-0.39, 0.29) is 29.5 Å². The molecule has 8 heteroatoms. The minimum atomic E-state index is -1.19. The number of rotatable bonds is 23. The summed E-state index contributed by atoms with van der Waals surface area (Å²) >= 11 is 0. The van der Waals surface area contributed by atoms with Gasteiger partial charge in [-0.3, -0.25) is 9.59 Å². The zero-order valence-electron chi connectivity index (χ0n) is 29.5. The lowest BCUT2D eigenvalue weighted by molar-refractivity contribution is -0.139. The van der Waals surface area contributed by atoms with Crippen LogP contribution in [0.1, 0.15) is 93.5 Å². The molecule has 2 amide bonds. The van der Waals surface area contributed by atoms with Gasteiger partial charge >= 0.3 is 5.97 Å². The number of aromatic hydroxyl groups is 1. The number of benzene rings is 2. The van der Waals surface area contributed by atoms with Gasteiger partial charge in [0.15, 0.2) is 0 Å². The van der Waals surface area contributed by atoms with Crippen molar-refractivity contribution in [1.29, 1.82) is 0 Å². The molecule has 0 aromatic heterocycles. The molecule has 0 heterocycles. The van der Waals surface area contributed by atoms with Crippen LogP contribution in [0.5, 0.6) is 5.75 Å². The molecule has 0 saturated carbocycles. The Morgan fingerprint density at radius 3 is 1.92 bits per heavy atom. The zero-order chi connectivity index (χ0) is 36.4. The van der Waals surface area contributed by atoms with Crippen LogP contribution in [0.3, 0.4) is 0 Å². The molecular formula is C42H53FN2O5. The number of allylic oxidation sites excluding steroid dienone is 12. The second-order valence-electron chi connectivity index (χ2n) is 11.9. The van der Waals surface area contributed by atoms with Gasteiger partial charge < -0.3 is 20.8 Å². The molecule has 0 radical (unpaired) electrons. The number of unbranched alkanes of at least 4 members (excludes halogenated alkanes) is 1. The zero-order valence-corrected chi connectivity index (χ0v) is 29.5. The van der Waals surface area contributed by atoms with Crippen LogP contribution < -0.4 is 10.6 Å². The first-order valence-electron chi connectivity index (χ1n) is 17.5. The molecule has 0 saturated heterocycles. The molecular weight excluding hydrogens is 631 g/mol. The van der Waals surface area contributed by atoms with E-state index in [1.165, 1.54) is 24.3 Å². The Balaban J connectivity index is 1.60. The van der Waals surface area contributed by atoms with Crippen LogP contribution in [0.15, 0.2) is 109 Å². The number of aryl methyl sites for hydroxylation is 1. The topological polar surface area (TPSA) is 116 Å². The van der Waals surface area contributed by atoms with Crippen molar-refractivity contribution in [3.05, 3.63) is 126 Å². The van der Waals surface area contributed by atoms with E-state index in [0.717, 1.165) is 38.5 Å². The summed E-state index contributed by atoms with van der Waals surface area (Å²) in [4.78, 5) is 36.9. The average Bonchev–Trinajstić information content (AvgIpc) is 3.08. The van der Waals surface area contributed by atoms with Crippen LogP contribution in [0.25, 0.3) is 11.1 Å². The maximum atomic E-state index is 13.5. The number of phenolic OH excluding ortho intramolecular Hbond substituents is 1. The molecule has 0 aliphatic heterocycles. The predicted molar refractivity (Wildman–Crippen MR) is 201 cm³/mol. The highest BCUT2D eigenvalue weighted by Gasteiger charge is 2.22. The lowest BCUT2D eigenvalue weighted by Crippen LogP contribution is -2.40. The fourth-order valence-electron chi connectivity index (χ4n) is 4.97. The van der Waals surface area contributed by atoms with E-state index in [1.807, 2.05) is 12.2 Å². The van der Waals surface area contributed by atoms with Gasteiger partial charge in [0.05, 0.1) is 5.56 Å². The number of aliphatic carboxylic acids is 1. The highest BCUT2D eigenvalue weighted by atomic mass is 19.1. The normalized spacial score (nSPS) is 12.7. The maximum absolute atomic E-state index is 13.5. The lowest BCUT2D eigenvalue weighted by Gasteiger charge is -2.16. The van der Waals surface area contributed by atoms with Crippen LogP contribution in [-0.4, -0.2) is 40.6 Å². The number of phenols is 1. The molecule has 2 aromatic carbocycles. The summed E-state index contributed by atoms with van der Waals surface area (Å²) in [5, 5.41) is 25.3. The number of halogens is 1.